The minimum absolute atomic E-state index is 0.0104. The number of carbonyl (C=O) groups excluding carboxylic acids is 1. The average molecular weight is 547 g/mol. The Labute approximate surface area is 225 Å². The van der Waals surface area contributed by atoms with Gasteiger partial charge in [-0.1, -0.05) is 18.2 Å². The predicted molar refractivity (Wildman–Crippen MR) is 141 cm³/mol. The highest BCUT2D eigenvalue weighted by Crippen LogP contribution is 2.40. The Bertz CT molecular complexity index is 1220. The van der Waals surface area contributed by atoms with E-state index in [-0.39, 0.29) is 10.8 Å². The van der Waals surface area contributed by atoms with E-state index in [9.17, 15) is 18.0 Å². The highest BCUT2D eigenvalue weighted by Gasteiger charge is 2.49. The van der Waals surface area contributed by atoms with Crippen molar-refractivity contribution in [2.45, 2.75) is 38.5 Å². The number of alkyl halides is 3. The summed E-state index contributed by atoms with van der Waals surface area (Å²) in [5.74, 6) is 0.305. The Morgan fingerprint density at radius 2 is 1.82 bits per heavy atom. The molecule has 0 bridgehead atoms. The van der Waals surface area contributed by atoms with E-state index in [4.69, 9.17) is 28.3 Å². The van der Waals surface area contributed by atoms with Crippen LogP contribution in [0.3, 0.4) is 0 Å². The Hall–Kier alpha value is -3.20. The molecule has 2 fully saturated rings. The van der Waals surface area contributed by atoms with E-state index in [1.807, 2.05) is 24.3 Å². The van der Waals surface area contributed by atoms with Crippen molar-refractivity contribution in [3.8, 4) is 5.75 Å². The van der Waals surface area contributed by atoms with Gasteiger partial charge in [-0.25, -0.2) is 4.85 Å². The molecule has 2 saturated heterocycles. The molecule has 202 valence electrons. The predicted octanol–water partition coefficient (Wildman–Crippen LogP) is 5.27. The number of amides is 1. The highest BCUT2D eigenvalue weighted by atomic mass is 32.1. The van der Waals surface area contributed by atoms with Crippen molar-refractivity contribution < 1.29 is 27.4 Å². The van der Waals surface area contributed by atoms with Crippen molar-refractivity contribution in [3.63, 3.8) is 0 Å². The number of anilines is 1. The molecule has 2 aliphatic rings. The largest absolute Gasteiger partial charge is 0.494 e. The molecular weight excluding hydrogens is 517 g/mol. The molecule has 2 aromatic rings. The van der Waals surface area contributed by atoms with Crippen molar-refractivity contribution in [2.75, 3.05) is 44.4 Å². The molecule has 7 nitrogen and oxygen atoms in total. The summed E-state index contributed by atoms with van der Waals surface area (Å²) in [7, 11) is 0. The number of morpholine rings is 1. The lowest BCUT2D eigenvalue weighted by molar-refractivity contribution is -0.136. The van der Waals surface area contributed by atoms with E-state index in [0.717, 1.165) is 55.6 Å². The molecular formula is C27H29F3N4O3S. The number of benzene rings is 2. The van der Waals surface area contributed by atoms with Gasteiger partial charge in [0.15, 0.2) is 10.8 Å². The molecule has 2 heterocycles. The first-order valence-corrected chi connectivity index (χ1v) is 12.7. The van der Waals surface area contributed by atoms with Crippen LogP contribution in [0.25, 0.3) is 4.85 Å². The fourth-order valence-electron chi connectivity index (χ4n) is 4.55. The first-order chi connectivity index (χ1) is 18.0. The van der Waals surface area contributed by atoms with Gasteiger partial charge in [0.25, 0.3) is 5.91 Å². The molecule has 4 rings (SSSR count). The third-order valence-electron chi connectivity index (χ3n) is 6.72. The maximum absolute atomic E-state index is 13.5. The van der Waals surface area contributed by atoms with Gasteiger partial charge in [0.1, 0.15) is 11.3 Å². The van der Waals surface area contributed by atoms with Crippen LogP contribution in [0.2, 0.25) is 0 Å². The molecule has 0 spiro atoms. The summed E-state index contributed by atoms with van der Waals surface area (Å²) in [4.78, 5) is 21.3. The van der Waals surface area contributed by atoms with Gasteiger partial charge in [-0.05, 0) is 62.3 Å². The van der Waals surface area contributed by atoms with E-state index in [0.29, 0.717) is 19.6 Å². The van der Waals surface area contributed by atoms with E-state index in [1.54, 1.807) is 18.7 Å². The van der Waals surface area contributed by atoms with Gasteiger partial charge in [-0.2, -0.15) is 13.2 Å². The van der Waals surface area contributed by atoms with E-state index in [1.165, 1.54) is 11.6 Å². The second-order valence-electron chi connectivity index (χ2n) is 9.68. The van der Waals surface area contributed by atoms with Gasteiger partial charge in [-0.15, -0.1) is 0 Å². The molecule has 0 saturated carbocycles. The molecule has 0 N–H and O–H groups in total. The summed E-state index contributed by atoms with van der Waals surface area (Å²) in [6.07, 6.45) is -4.18. The molecule has 11 heteroatoms. The van der Waals surface area contributed by atoms with Crippen LogP contribution in [-0.4, -0.2) is 65.8 Å². The summed E-state index contributed by atoms with van der Waals surface area (Å²) in [5, 5.41) is 0.121. The van der Waals surface area contributed by atoms with Crippen molar-refractivity contribution >= 4 is 34.6 Å². The van der Waals surface area contributed by atoms with Crippen molar-refractivity contribution in [3.05, 3.63) is 65.0 Å². The Kier molecular flexibility index (Phi) is 8.25. The van der Waals surface area contributed by atoms with Crippen LogP contribution in [0, 0.1) is 6.57 Å². The van der Waals surface area contributed by atoms with Gasteiger partial charge in [0.2, 0.25) is 0 Å². The van der Waals surface area contributed by atoms with Gasteiger partial charge in [-0.3, -0.25) is 14.6 Å². The summed E-state index contributed by atoms with van der Waals surface area (Å²) in [6.45, 7) is 15.4. The van der Waals surface area contributed by atoms with Crippen LogP contribution in [0.15, 0.2) is 42.5 Å². The quantitative estimate of drug-likeness (QED) is 0.256. The number of hydrogen-bond donors (Lipinski definition) is 0. The Morgan fingerprint density at radius 1 is 1.13 bits per heavy atom. The number of ether oxygens (including phenoxy) is 2. The number of thiocarbonyl (C=S) groups is 1. The minimum Gasteiger partial charge on any atom is -0.494 e. The molecule has 1 amide bonds. The third-order valence-corrected chi connectivity index (χ3v) is 7.12. The molecule has 0 radical (unpaired) electrons. The molecule has 0 atom stereocenters. The molecule has 2 aromatic carbocycles. The zero-order chi connectivity index (χ0) is 27.5. The lowest BCUT2D eigenvalue weighted by Crippen LogP contribution is -2.44. The summed E-state index contributed by atoms with van der Waals surface area (Å²) < 4.78 is 51.7. The second-order valence-corrected chi connectivity index (χ2v) is 10.0. The van der Waals surface area contributed by atoms with Gasteiger partial charge in [0, 0.05) is 31.9 Å². The van der Waals surface area contributed by atoms with Gasteiger partial charge < -0.3 is 14.4 Å². The molecule has 2 aliphatic heterocycles. The van der Waals surface area contributed by atoms with Crippen LogP contribution in [0.1, 0.15) is 31.4 Å². The Morgan fingerprint density at radius 3 is 2.45 bits per heavy atom. The van der Waals surface area contributed by atoms with Crippen molar-refractivity contribution in [1.29, 1.82) is 0 Å². The number of hydrogen-bond acceptors (Lipinski definition) is 5. The van der Waals surface area contributed by atoms with Gasteiger partial charge in [0.05, 0.1) is 32.0 Å². The van der Waals surface area contributed by atoms with Crippen LogP contribution in [0.5, 0.6) is 5.75 Å². The number of rotatable bonds is 8. The fraction of sp³-hybridized carbons (Fsp3) is 0.444. The van der Waals surface area contributed by atoms with Crippen LogP contribution in [0.4, 0.5) is 24.5 Å². The summed E-state index contributed by atoms with van der Waals surface area (Å²) >= 11 is 5.53. The molecule has 38 heavy (non-hydrogen) atoms. The molecule has 0 aromatic heterocycles. The van der Waals surface area contributed by atoms with Crippen LogP contribution in [-0.2, 0) is 22.3 Å². The molecule has 0 aliphatic carbocycles. The highest BCUT2D eigenvalue weighted by molar-refractivity contribution is 7.80. The van der Waals surface area contributed by atoms with Crippen molar-refractivity contribution in [1.82, 2.24) is 9.80 Å². The third kappa shape index (κ3) is 5.93. The van der Waals surface area contributed by atoms with E-state index in [2.05, 4.69) is 9.74 Å². The average Bonchev–Trinajstić information content (AvgIpc) is 3.06. The SMILES string of the molecule is [C-]#[N+]c1ccc(N2C(=O)C(C)(C)N(CCCOc3ccc(CN4CCOCC4)cc3)C2=S)cc1C(F)(F)F. The Balaban J connectivity index is 1.36. The zero-order valence-electron chi connectivity index (χ0n) is 21.3. The minimum atomic E-state index is -4.73. The summed E-state index contributed by atoms with van der Waals surface area (Å²) in [5.41, 5.74) is -1.49. The maximum Gasteiger partial charge on any atom is 0.407 e. The zero-order valence-corrected chi connectivity index (χ0v) is 22.1. The second kappa shape index (κ2) is 11.3. The fourth-order valence-corrected chi connectivity index (χ4v) is 5.06. The first-order valence-electron chi connectivity index (χ1n) is 12.3. The normalized spacial score (nSPS) is 18.1. The lowest BCUT2D eigenvalue weighted by Gasteiger charge is -2.29. The number of nitrogens with zero attached hydrogens (tertiary/aromatic N) is 4. The maximum atomic E-state index is 13.5. The monoisotopic (exact) mass is 546 g/mol. The molecule has 0 unspecified atom stereocenters. The van der Waals surface area contributed by atoms with E-state index >= 15 is 0 Å². The summed E-state index contributed by atoms with van der Waals surface area (Å²) in [6, 6.07) is 11.1. The number of halogens is 3. The number of carbonyl (C=O) groups is 1. The van der Waals surface area contributed by atoms with Crippen LogP contribution >= 0.6 is 12.2 Å². The lowest BCUT2D eigenvalue weighted by atomic mass is 10.0. The van der Waals surface area contributed by atoms with Crippen molar-refractivity contribution in [2.24, 2.45) is 0 Å². The standard InChI is InChI=1S/C27H29F3N4O3S/c1-26(2)24(35)34(20-7-10-23(31-3)22(17-20)27(28,29)30)25(38)33(26)11-4-14-37-21-8-5-19(6-9-21)18-32-12-15-36-16-13-32/h5-10,17H,4,11-16,18H2,1-2H3. The van der Waals surface area contributed by atoms with Crippen LogP contribution < -0.4 is 9.64 Å². The topological polar surface area (TPSA) is 49.6 Å². The van der Waals surface area contributed by atoms with E-state index < -0.39 is 28.9 Å². The van der Waals surface area contributed by atoms with Gasteiger partial charge >= 0.3 is 6.18 Å². The smallest absolute Gasteiger partial charge is 0.407 e. The first kappa shape index (κ1) is 27.8.